The van der Waals surface area contributed by atoms with E-state index in [1.54, 1.807) is 30.3 Å². The maximum atomic E-state index is 13.1. The molecule has 29 heavy (non-hydrogen) atoms. The Hall–Kier alpha value is -3.81. The summed E-state index contributed by atoms with van der Waals surface area (Å²) >= 11 is 0. The Morgan fingerprint density at radius 2 is 1.69 bits per heavy atom. The van der Waals surface area contributed by atoms with Gasteiger partial charge in [-0.3, -0.25) is 9.59 Å². The maximum Gasteiger partial charge on any atom is 0.374 e. The van der Waals surface area contributed by atoms with Gasteiger partial charge in [0, 0.05) is 22.9 Å². The molecule has 1 heterocycles. The summed E-state index contributed by atoms with van der Waals surface area (Å²) in [7, 11) is 0. The normalized spacial score (nSPS) is 10.4. The van der Waals surface area contributed by atoms with Gasteiger partial charge in [0.15, 0.2) is 24.0 Å². The zero-order valence-corrected chi connectivity index (χ0v) is 15.2. The second kappa shape index (κ2) is 8.47. The number of carbonyl (C=O) groups excluding carboxylic acids is 3. The van der Waals surface area contributed by atoms with Crippen LogP contribution in [0.5, 0.6) is 0 Å². The zero-order chi connectivity index (χ0) is 21.0. The largest absolute Gasteiger partial charge is 0.450 e. The van der Waals surface area contributed by atoms with Crippen molar-refractivity contribution in [2.45, 2.75) is 6.92 Å². The minimum Gasteiger partial charge on any atom is -0.450 e. The average molecular weight is 399 g/mol. The average Bonchev–Trinajstić information content (AvgIpc) is 3.19. The number of benzene rings is 2. The lowest BCUT2D eigenvalue weighted by Crippen LogP contribution is -2.20. The number of Topliss-reactive ketones (excluding diaryl/α,β-unsaturated/α-hetero) is 1. The number of carbonyl (C=O) groups is 3. The Kier molecular flexibility index (Phi) is 5.82. The zero-order valence-electron chi connectivity index (χ0n) is 15.2. The van der Waals surface area contributed by atoms with Crippen LogP contribution in [0, 0.1) is 11.6 Å². The van der Waals surface area contributed by atoms with E-state index in [1.165, 1.54) is 19.1 Å². The smallest absolute Gasteiger partial charge is 0.374 e. The van der Waals surface area contributed by atoms with Gasteiger partial charge in [0.2, 0.25) is 5.76 Å². The van der Waals surface area contributed by atoms with Gasteiger partial charge in [-0.1, -0.05) is 24.3 Å². The Morgan fingerprint density at radius 1 is 0.966 bits per heavy atom. The van der Waals surface area contributed by atoms with E-state index in [1.807, 2.05) is 0 Å². The van der Waals surface area contributed by atoms with Gasteiger partial charge in [0.05, 0.1) is 0 Å². The molecule has 0 unspecified atom stereocenters. The van der Waals surface area contributed by atoms with Crippen LogP contribution in [-0.4, -0.2) is 24.3 Å². The summed E-state index contributed by atoms with van der Waals surface area (Å²) in [6.07, 6.45) is 0. The molecule has 3 aromatic rings. The Bertz CT molecular complexity index is 1070. The highest BCUT2D eigenvalue weighted by molar-refractivity contribution is 5.95. The van der Waals surface area contributed by atoms with Crippen LogP contribution >= 0.6 is 0 Å². The third-order valence-corrected chi connectivity index (χ3v) is 3.92. The quantitative estimate of drug-likeness (QED) is 0.495. The van der Waals surface area contributed by atoms with Crippen molar-refractivity contribution in [1.82, 2.24) is 0 Å². The van der Waals surface area contributed by atoms with Crippen molar-refractivity contribution in [3.8, 4) is 11.3 Å². The first-order valence-corrected chi connectivity index (χ1v) is 8.47. The fourth-order valence-electron chi connectivity index (χ4n) is 2.45. The number of esters is 1. The molecule has 0 radical (unpaired) electrons. The molecule has 2 aromatic carbocycles. The lowest BCUT2D eigenvalue weighted by Gasteiger charge is -2.06. The molecule has 0 bridgehead atoms. The summed E-state index contributed by atoms with van der Waals surface area (Å²) in [5.74, 6) is -3.54. The van der Waals surface area contributed by atoms with E-state index >= 15 is 0 Å². The molecule has 0 saturated heterocycles. The number of hydrogen-bond acceptors (Lipinski definition) is 5. The third-order valence-electron chi connectivity index (χ3n) is 3.92. The summed E-state index contributed by atoms with van der Waals surface area (Å²) in [4.78, 5) is 35.1. The van der Waals surface area contributed by atoms with Crippen molar-refractivity contribution in [3.05, 3.63) is 77.6 Å². The molecule has 0 aliphatic heterocycles. The van der Waals surface area contributed by atoms with Crippen LogP contribution in [0.1, 0.15) is 27.8 Å². The Labute approximate surface area is 164 Å². The van der Waals surface area contributed by atoms with Gasteiger partial charge in [0.1, 0.15) is 5.76 Å². The van der Waals surface area contributed by atoms with Crippen LogP contribution in [0.3, 0.4) is 0 Å². The van der Waals surface area contributed by atoms with E-state index in [9.17, 15) is 23.2 Å². The highest BCUT2D eigenvalue weighted by Crippen LogP contribution is 2.23. The maximum absolute atomic E-state index is 13.1. The number of halogens is 2. The molecule has 1 aromatic heterocycles. The molecular formula is C21H15F2NO5. The predicted octanol–water partition coefficient (Wildman–Crippen LogP) is 4.22. The summed E-state index contributed by atoms with van der Waals surface area (Å²) in [6, 6.07) is 12.4. The van der Waals surface area contributed by atoms with Crippen molar-refractivity contribution >= 4 is 23.3 Å². The number of amides is 1. The highest BCUT2D eigenvalue weighted by Gasteiger charge is 2.16. The molecule has 148 valence electrons. The minimum absolute atomic E-state index is 0.0271. The second-order valence-corrected chi connectivity index (χ2v) is 6.05. The molecule has 8 heteroatoms. The minimum atomic E-state index is -1.11. The van der Waals surface area contributed by atoms with Gasteiger partial charge in [-0.25, -0.2) is 13.6 Å². The monoisotopic (exact) mass is 399 g/mol. The molecule has 0 aliphatic rings. The van der Waals surface area contributed by atoms with Crippen LogP contribution in [-0.2, 0) is 9.53 Å². The molecule has 0 aliphatic carbocycles. The molecule has 0 fully saturated rings. The van der Waals surface area contributed by atoms with E-state index < -0.39 is 30.1 Å². The number of ether oxygens (including phenoxy) is 1. The fraction of sp³-hybridized carbons (Fsp3) is 0.0952. The summed E-state index contributed by atoms with van der Waals surface area (Å²) < 4.78 is 36.3. The molecule has 1 amide bonds. The van der Waals surface area contributed by atoms with Crippen molar-refractivity contribution in [2.75, 3.05) is 11.9 Å². The SMILES string of the molecule is CC(=O)c1ccc(-c2ccc(C(=O)OCC(=O)Nc3ccc(F)c(F)c3)o2)cc1. The van der Waals surface area contributed by atoms with Crippen molar-refractivity contribution < 1.29 is 32.3 Å². The lowest BCUT2D eigenvalue weighted by atomic mass is 10.1. The van der Waals surface area contributed by atoms with E-state index in [-0.39, 0.29) is 17.2 Å². The topological polar surface area (TPSA) is 85.6 Å². The van der Waals surface area contributed by atoms with Gasteiger partial charge < -0.3 is 14.5 Å². The van der Waals surface area contributed by atoms with Crippen LogP contribution in [0.15, 0.2) is 59.0 Å². The highest BCUT2D eigenvalue weighted by atomic mass is 19.2. The molecule has 1 N–H and O–H groups in total. The summed E-state index contributed by atoms with van der Waals surface area (Å²) in [5.41, 5.74) is 1.23. The third kappa shape index (κ3) is 4.92. The van der Waals surface area contributed by atoms with Crippen LogP contribution in [0.4, 0.5) is 14.5 Å². The van der Waals surface area contributed by atoms with Crippen LogP contribution in [0.2, 0.25) is 0 Å². The van der Waals surface area contributed by atoms with Gasteiger partial charge in [-0.05, 0) is 31.2 Å². The summed E-state index contributed by atoms with van der Waals surface area (Å²) in [6.45, 7) is 0.819. The number of ketones is 1. The predicted molar refractivity (Wildman–Crippen MR) is 99.4 cm³/mol. The molecule has 0 spiro atoms. The van der Waals surface area contributed by atoms with Gasteiger partial charge >= 0.3 is 5.97 Å². The van der Waals surface area contributed by atoms with Gasteiger partial charge in [-0.15, -0.1) is 0 Å². The Balaban J connectivity index is 1.57. The number of rotatable bonds is 6. The fourth-order valence-corrected chi connectivity index (χ4v) is 2.45. The van der Waals surface area contributed by atoms with Crippen molar-refractivity contribution in [3.63, 3.8) is 0 Å². The molecule has 6 nitrogen and oxygen atoms in total. The van der Waals surface area contributed by atoms with Crippen molar-refractivity contribution in [1.29, 1.82) is 0 Å². The number of hydrogen-bond donors (Lipinski definition) is 1. The summed E-state index contributed by atoms with van der Waals surface area (Å²) in [5, 5.41) is 2.28. The first kappa shape index (κ1) is 19.9. The molecule has 0 saturated carbocycles. The van der Waals surface area contributed by atoms with E-state index in [2.05, 4.69) is 5.32 Å². The van der Waals surface area contributed by atoms with E-state index in [0.29, 0.717) is 16.9 Å². The van der Waals surface area contributed by atoms with E-state index in [0.717, 1.165) is 12.1 Å². The van der Waals surface area contributed by atoms with Gasteiger partial charge in [-0.2, -0.15) is 0 Å². The van der Waals surface area contributed by atoms with Crippen molar-refractivity contribution in [2.24, 2.45) is 0 Å². The number of anilines is 1. The second-order valence-electron chi connectivity index (χ2n) is 6.05. The number of nitrogens with one attached hydrogen (secondary N) is 1. The number of furan rings is 1. The molecule has 3 rings (SSSR count). The standard InChI is InChI=1S/C21H15F2NO5/c1-12(25)13-2-4-14(5-3-13)18-8-9-19(29-18)21(27)28-11-20(26)24-15-6-7-16(22)17(23)10-15/h2-10H,11H2,1H3,(H,24,26). The van der Waals surface area contributed by atoms with Gasteiger partial charge in [0.25, 0.3) is 5.91 Å². The molecular weight excluding hydrogens is 384 g/mol. The van der Waals surface area contributed by atoms with E-state index in [4.69, 9.17) is 9.15 Å². The first-order chi connectivity index (χ1) is 13.8. The lowest BCUT2D eigenvalue weighted by molar-refractivity contribution is -0.119. The van der Waals surface area contributed by atoms with Crippen LogP contribution < -0.4 is 5.32 Å². The van der Waals surface area contributed by atoms with Crippen LogP contribution in [0.25, 0.3) is 11.3 Å². The first-order valence-electron chi connectivity index (χ1n) is 8.47. The Morgan fingerprint density at radius 3 is 2.34 bits per heavy atom. The molecule has 0 atom stereocenters.